The van der Waals surface area contributed by atoms with Crippen LogP contribution in [0.4, 0.5) is 0 Å². The Hall–Kier alpha value is -1.78. The van der Waals surface area contributed by atoms with E-state index >= 15 is 0 Å². The molecule has 2 atom stereocenters. The molecule has 2 aromatic rings. The third-order valence-electron chi connectivity index (χ3n) is 3.38. The number of hydrogen-bond donors (Lipinski definition) is 2. The topological polar surface area (TPSA) is 114 Å². The lowest BCUT2D eigenvalue weighted by Gasteiger charge is -2.04. The van der Waals surface area contributed by atoms with Gasteiger partial charge in [0.25, 0.3) is 0 Å². The van der Waals surface area contributed by atoms with Gasteiger partial charge in [0.05, 0.1) is 11.7 Å². The Kier molecular flexibility index (Phi) is 3.98. The van der Waals surface area contributed by atoms with Gasteiger partial charge in [-0.05, 0) is 18.4 Å². The van der Waals surface area contributed by atoms with Crippen LogP contribution in [0.25, 0.3) is 5.13 Å². The molecular weight excluding hydrogens is 328 g/mol. The molecule has 2 aromatic heterocycles. The summed E-state index contributed by atoms with van der Waals surface area (Å²) in [5, 5.41) is 13.5. The molecule has 1 aliphatic carbocycles. The largest absolute Gasteiger partial charge is 0.481 e. The highest BCUT2D eigenvalue weighted by molar-refractivity contribution is 7.89. The van der Waals surface area contributed by atoms with Crippen molar-refractivity contribution < 1.29 is 18.3 Å². The molecule has 1 saturated carbocycles. The van der Waals surface area contributed by atoms with Crippen molar-refractivity contribution in [3.8, 4) is 5.13 Å². The van der Waals surface area contributed by atoms with Crippen molar-refractivity contribution in [3.05, 3.63) is 29.5 Å². The van der Waals surface area contributed by atoms with Crippen LogP contribution >= 0.6 is 11.3 Å². The lowest BCUT2D eigenvalue weighted by atomic mass is 10.3. The Bertz CT molecular complexity index is 769. The number of aliphatic carboxylic acids is 1. The van der Waals surface area contributed by atoms with E-state index in [1.165, 1.54) is 11.3 Å². The predicted octanol–water partition coefficient (Wildman–Crippen LogP) is 0.469. The molecule has 0 spiro atoms. The lowest BCUT2D eigenvalue weighted by molar-refractivity contribution is -0.138. The van der Waals surface area contributed by atoms with Crippen LogP contribution in [0.15, 0.2) is 24.7 Å². The molecule has 2 heterocycles. The highest BCUT2D eigenvalue weighted by atomic mass is 32.2. The number of thiazole rings is 1. The molecule has 0 radical (unpaired) electrons. The van der Waals surface area contributed by atoms with Crippen molar-refractivity contribution >= 4 is 27.3 Å². The normalized spacial score (nSPS) is 20.9. The summed E-state index contributed by atoms with van der Waals surface area (Å²) in [5.41, 5.74) is 0. The summed E-state index contributed by atoms with van der Waals surface area (Å²) in [4.78, 5) is 15.7. The van der Waals surface area contributed by atoms with E-state index in [9.17, 15) is 13.2 Å². The van der Waals surface area contributed by atoms with E-state index in [-0.39, 0.29) is 18.2 Å². The number of nitrogens with one attached hydrogen (secondary N) is 1. The second kappa shape index (κ2) is 5.78. The molecule has 1 fully saturated rings. The summed E-state index contributed by atoms with van der Waals surface area (Å²) in [7, 11) is -3.48. The molecule has 0 aromatic carbocycles. The van der Waals surface area contributed by atoms with Gasteiger partial charge < -0.3 is 5.11 Å². The van der Waals surface area contributed by atoms with Crippen molar-refractivity contribution in [3.63, 3.8) is 0 Å². The Morgan fingerprint density at radius 3 is 3.00 bits per heavy atom. The van der Waals surface area contributed by atoms with Gasteiger partial charge in [-0.2, -0.15) is 5.10 Å². The van der Waals surface area contributed by atoms with Crippen molar-refractivity contribution in [2.24, 2.45) is 11.8 Å². The number of nitrogens with zero attached hydrogens (tertiary/aromatic N) is 3. The third-order valence-corrected chi connectivity index (χ3v) is 5.82. The first-order valence-corrected chi connectivity index (χ1v) is 9.06. The molecule has 3 rings (SSSR count). The summed E-state index contributed by atoms with van der Waals surface area (Å²) in [6.07, 6.45) is 5.42. The quantitative estimate of drug-likeness (QED) is 0.756. The lowest BCUT2D eigenvalue weighted by Crippen LogP contribution is -2.27. The zero-order valence-electron chi connectivity index (χ0n) is 11.4. The van der Waals surface area contributed by atoms with Gasteiger partial charge in [-0.3, -0.25) is 4.79 Å². The maximum atomic E-state index is 11.9. The van der Waals surface area contributed by atoms with E-state index in [1.807, 2.05) is 0 Å². The van der Waals surface area contributed by atoms with E-state index in [0.29, 0.717) is 11.6 Å². The molecule has 118 valence electrons. The maximum absolute atomic E-state index is 11.9. The van der Waals surface area contributed by atoms with Crippen molar-refractivity contribution in [2.45, 2.75) is 13.0 Å². The summed E-state index contributed by atoms with van der Waals surface area (Å²) < 4.78 is 27.9. The van der Waals surface area contributed by atoms with E-state index in [2.05, 4.69) is 14.8 Å². The molecule has 0 saturated heterocycles. The Balaban J connectivity index is 1.55. The first kappa shape index (κ1) is 15.1. The van der Waals surface area contributed by atoms with Crippen LogP contribution in [0.1, 0.15) is 11.3 Å². The van der Waals surface area contributed by atoms with E-state index in [0.717, 1.165) is 4.88 Å². The molecule has 0 aliphatic heterocycles. The van der Waals surface area contributed by atoms with Crippen LogP contribution in [-0.2, 0) is 21.4 Å². The number of sulfonamides is 1. The van der Waals surface area contributed by atoms with Gasteiger partial charge in [0.2, 0.25) is 15.2 Å². The van der Waals surface area contributed by atoms with Gasteiger partial charge >= 0.3 is 5.97 Å². The first-order chi connectivity index (χ1) is 10.4. The molecule has 22 heavy (non-hydrogen) atoms. The molecular formula is C12H14N4O4S2. The molecule has 0 bridgehead atoms. The zero-order valence-corrected chi connectivity index (χ0v) is 13.0. The van der Waals surface area contributed by atoms with E-state index in [4.69, 9.17) is 5.11 Å². The minimum absolute atomic E-state index is 0.144. The van der Waals surface area contributed by atoms with Crippen LogP contribution < -0.4 is 4.72 Å². The fourth-order valence-corrected chi connectivity index (χ4v) is 4.43. The Morgan fingerprint density at radius 1 is 1.55 bits per heavy atom. The average molecular weight is 342 g/mol. The highest BCUT2D eigenvalue weighted by Gasteiger charge is 2.45. The highest BCUT2D eigenvalue weighted by Crippen LogP contribution is 2.39. The molecule has 10 heteroatoms. The zero-order chi connectivity index (χ0) is 15.7. The SMILES string of the molecule is O=C(O)[C@@H]1C[C@H]1CS(=O)(=O)NCc1cnc(-n2cccn2)s1. The minimum atomic E-state index is -3.48. The molecule has 2 N–H and O–H groups in total. The van der Waals surface area contributed by atoms with Gasteiger partial charge in [0, 0.05) is 30.0 Å². The number of aromatic nitrogens is 3. The van der Waals surface area contributed by atoms with Crippen LogP contribution in [0.2, 0.25) is 0 Å². The van der Waals surface area contributed by atoms with Gasteiger partial charge in [-0.25, -0.2) is 22.8 Å². The van der Waals surface area contributed by atoms with Crippen LogP contribution in [0.5, 0.6) is 0 Å². The monoisotopic (exact) mass is 342 g/mol. The minimum Gasteiger partial charge on any atom is -0.481 e. The number of carboxylic acids is 1. The maximum Gasteiger partial charge on any atom is 0.306 e. The smallest absolute Gasteiger partial charge is 0.306 e. The second-order valence-corrected chi connectivity index (χ2v) is 8.05. The molecule has 0 unspecified atom stereocenters. The van der Waals surface area contributed by atoms with Crippen LogP contribution in [0, 0.1) is 11.8 Å². The third kappa shape index (κ3) is 3.51. The Morgan fingerprint density at radius 2 is 2.36 bits per heavy atom. The summed E-state index contributed by atoms with van der Waals surface area (Å²) >= 11 is 1.34. The van der Waals surface area contributed by atoms with Gasteiger partial charge in [-0.15, -0.1) is 0 Å². The van der Waals surface area contributed by atoms with Gasteiger partial charge in [0.1, 0.15) is 0 Å². The van der Waals surface area contributed by atoms with Crippen molar-refractivity contribution in [1.29, 1.82) is 0 Å². The average Bonchev–Trinajstić information content (AvgIpc) is 2.91. The van der Waals surface area contributed by atoms with Gasteiger partial charge in [-0.1, -0.05) is 11.3 Å². The van der Waals surface area contributed by atoms with E-state index < -0.39 is 21.9 Å². The molecule has 0 amide bonds. The number of carbonyl (C=O) groups is 1. The van der Waals surface area contributed by atoms with Crippen LogP contribution in [-0.4, -0.2) is 40.0 Å². The van der Waals surface area contributed by atoms with E-state index in [1.54, 1.807) is 29.3 Å². The number of hydrogen-bond acceptors (Lipinski definition) is 6. The van der Waals surface area contributed by atoms with Gasteiger partial charge in [0.15, 0.2) is 0 Å². The molecule has 8 nitrogen and oxygen atoms in total. The standard InChI is InChI=1S/C12H14N4O4S2/c17-11(18)10-4-8(10)7-22(19,20)15-6-9-5-13-12(21-9)16-3-1-2-14-16/h1-3,5,8,10,15H,4,6-7H2,(H,17,18)/t8-,10+/m0/s1. The summed E-state index contributed by atoms with van der Waals surface area (Å²) in [6.45, 7) is 0.145. The van der Waals surface area contributed by atoms with Crippen LogP contribution in [0.3, 0.4) is 0 Å². The fraction of sp³-hybridized carbons (Fsp3) is 0.417. The Labute approximate surface area is 130 Å². The van der Waals surface area contributed by atoms with Crippen molar-refractivity contribution in [2.75, 3.05) is 5.75 Å². The molecule has 1 aliphatic rings. The first-order valence-electron chi connectivity index (χ1n) is 6.59. The summed E-state index contributed by atoms with van der Waals surface area (Å²) in [6, 6.07) is 1.78. The second-order valence-electron chi connectivity index (χ2n) is 5.10. The fourth-order valence-electron chi connectivity index (χ4n) is 2.12. The predicted molar refractivity (Wildman–Crippen MR) is 79.1 cm³/mol. The van der Waals surface area contributed by atoms with Crippen molar-refractivity contribution in [1.82, 2.24) is 19.5 Å². The number of rotatable bonds is 7. The number of carboxylic acid groups (broad SMARTS) is 1. The summed E-state index contributed by atoms with van der Waals surface area (Å²) in [5.74, 6) is -1.87.